The monoisotopic (exact) mass is 185 g/mol. The van der Waals surface area contributed by atoms with Crippen LogP contribution in [0, 0.1) is 5.92 Å². The summed E-state index contributed by atoms with van der Waals surface area (Å²) < 4.78 is 5.24. The summed E-state index contributed by atoms with van der Waals surface area (Å²) in [5.74, 6) is -0.681. The van der Waals surface area contributed by atoms with Crippen molar-refractivity contribution in [1.82, 2.24) is 4.90 Å². The summed E-state index contributed by atoms with van der Waals surface area (Å²) in [5.41, 5.74) is 0. The van der Waals surface area contributed by atoms with Crippen molar-refractivity contribution in [1.29, 1.82) is 0 Å². The van der Waals surface area contributed by atoms with E-state index in [0.717, 1.165) is 6.42 Å². The SMILES string of the molecule is O=C1[C@H](O)[C@@H]2C(O)O[C@@H]3CCN1[C@@H]23. The molecule has 13 heavy (non-hydrogen) atoms. The minimum atomic E-state index is -1.06. The van der Waals surface area contributed by atoms with Crippen LogP contribution in [0.5, 0.6) is 0 Å². The Morgan fingerprint density at radius 3 is 3.00 bits per heavy atom. The molecule has 72 valence electrons. The van der Waals surface area contributed by atoms with Crippen LogP contribution in [0.1, 0.15) is 6.42 Å². The number of carbonyl (C=O) groups is 1. The number of ether oxygens (including phenoxy) is 1. The van der Waals surface area contributed by atoms with E-state index < -0.39 is 18.3 Å². The Kier molecular flexibility index (Phi) is 1.33. The van der Waals surface area contributed by atoms with Crippen LogP contribution < -0.4 is 0 Å². The lowest BCUT2D eigenvalue weighted by atomic mass is 9.97. The van der Waals surface area contributed by atoms with Gasteiger partial charge in [-0.1, -0.05) is 0 Å². The lowest BCUT2D eigenvalue weighted by Crippen LogP contribution is -2.32. The summed E-state index contributed by atoms with van der Waals surface area (Å²) in [6.45, 7) is 0.647. The van der Waals surface area contributed by atoms with Crippen LogP contribution in [-0.4, -0.2) is 52.1 Å². The van der Waals surface area contributed by atoms with E-state index in [1.165, 1.54) is 0 Å². The molecule has 0 radical (unpaired) electrons. The van der Waals surface area contributed by atoms with Crippen LogP contribution in [-0.2, 0) is 9.53 Å². The van der Waals surface area contributed by atoms with Crippen molar-refractivity contribution in [2.45, 2.75) is 31.0 Å². The molecule has 1 amide bonds. The van der Waals surface area contributed by atoms with E-state index in [0.29, 0.717) is 6.54 Å². The molecule has 3 aliphatic rings. The van der Waals surface area contributed by atoms with Crippen molar-refractivity contribution in [3.63, 3.8) is 0 Å². The van der Waals surface area contributed by atoms with E-state index in [1.807, 2.05) is 0 Å². The van der Waals surface area contributed by atoms with Crippen LogP contribution in [0.3, 0.4) is 0 Å². The molecule has 3 aliphatic heterocycles. The number of amides is 1. The van der Waals surface area contributed by atoms with Gasteiger partial charge in [0, 0.05) is 6.54 Å². The average molecular weight is 185 g/mol. The predicted molar refractivity (Wildman–Crippen MR) is 40.5 cm³/mol. The number of rotatable bonds is 0. The van der Waals surface area contributed by atoms with Gasteiger partial charge in [-0.05, 0) is 6.42 Å². The zero-order valence-corrected chi connectivity index (χ0v) is 6.96. The third-order valence-corrected chi connectivity index (χ3v) is 3.33. The quantitative estimate of drug-likeness (QED) is 0.471. The smallest absolute Gasteiger partial charge is 0.252 e. The minimum Gasteiger partial charge on any atom is -0.383 e. The van der Waals surface area contributed by atoms with Crippen LogP contribution in [0.25, 0.3) is 0 Å². The van der Waals surface area contributed by atoms with Crippen molar-refractivity contribution in [3.8, 4) is 0 Å². The number of nitrogens with zero attached hydrogens (tertiary/aromatic N) is 1. The zero-order valence-electron chi connectivity index (χ0n) is 6.96. The second kappa shape index (κ2) is 2.23. The third kappa shape index (κ3) is 0.751. The summed E-state index contributed by atoms with van der Waals surface area (Å²) in [5, 5.41) is 19.0. The van der Waals surface area contributed by atoms with E-state index >= 15 is 0 Å². The highest BCUT2D eigenvalue weighted by Gasteiger charge is 2.61. The van der Waals surface area contributed by atoms with Crippen LogP contribution in [0.4, 0.5) is 0 Å². The Hall–Kier alpha value is -0.650. The second-order valence-corrected chi connectivity index (χ2v) is 3.90. The first-order valence-electron chi connectivity index (χ1n) is 4.52. The molecule has 3 fully saturated rings. The Labute approximate surface area is 74.9 Å². The normalized spacial score (nSPS) is 53.2. The van der Waals surface area contributed by atoms with E-state index in [1.54, 1.807) is 4.90 Å². The fourth-order valence-electron chi connectivity index (χ4n) is 2.76. The summed E-state index contributed by atoms with van der Waals surface area (Å²) >= 11 is 0. The van der Waals surface area contributed by atoms with E-state index in [9.17, 15) is 15.0 Å². The Balaban J connectivity index is 2.01. The molecule has 0 aromatic carbocycles. The number of carbonyl (C=O) groups excluding carboxylic acids is 1. The predicted octanol–water partition coefficient (Wildman–Crippen LogP) is -1.70. The molecule has 0 aromatic rings. The first kappa shape index (κ1) is 7.73. The van der Waals surface area contributed by atoms with Gasteiger partial charge in [0.05, 0.1) is 18.1 Å². The summed E-state index contributed by atoms with van der Waals surface area (Å²) in [4.78, 5) is 13.1. The largest absolute Gasteiger partial charge is 0.383 e. The van der Waals surface area contributed by atoms with Crippen LogP contribution in [0.2, 0.25) is 0 Å². The maximum absolute atomic E-state index is 11.4. The van der Waals surface area contributed by atoms with Crippen molar-refractivity contribution < 1.29 is 19.7 Å². The Morgan fingerprint density at radius 1 is 1.46 bits per heavy atom. The summed E-state index contributed by atoms with van der Waals surface area (Å²) in [6.07, 6.45) is -1.33. The molecule has 0 saturated carbocycles. The first-order chi connectivity index (χ1) is 6.20. The molecule has 0 spiro atoms. The average Bonchev–Trinajstić information content (AvgIpc) is 2.65. The number of aliphatic hydroxyl groups excluding tert-OH is 2. The van der Waals surface area contributed by atoms with Gasteiger partial charge in [0.2, 0.25) is 0 Å². The number of aliphatic hydroxyl groups is 2. The molecule has 3 rings (SSSR count). The zero-order chi connectivity index (χ0) is 9.16. The van der Waals surface area contributed by atoms with Gasteiger partial charge >= 0.3 is 0 Å². The van der Waals surface area contributed by atoms with Crippen molar-refractivity contribution in [2.75, 3.05) is 6.54 Å². The fraction of sp³-hybridized carbons (Fsp3) is 0.875. The molecular weight excluding hydrogens is 174 g/mol. The topological polar surface area (TPSA) is 70.0 Å². The summed E-state index contributed by atoms with van der Waals surface area (Å²) in [7, 11) is 0. The molecule has 0 bridgehead atoms. The molecule has 3 heterocycles. The number of hydrogen-bond donors (Lipinski definition) is 2. The van der Waals surface area contributed by atoms with Gasteiger partial charge in [-0.3, -0.25) is 4.79 Å². The lowest BCUT2D eigenvalue weighted by molar-refractivity contribution is -0.146. The molecular formula is C8H11NO4. The van der Waals surface area contributed by atoms with Crippen molar-refractivity contribution in [3.05, 3.63) is 0 Å². The van der Waals surface area contributed by atoms with Crippen molar-refractivity contribution >= 4 is 5.91 Å². The molecule has 5 nitrogen and oxygen atoms in total. The second-order valence-electron chi connectivity index (χ2n) is 3.90. The van der Waals surface area contributed by atoms with E-state index in [4.69, 9.17) is 4.74 Å². The van der Waals surface area contributed by atoms with Gasteiger partial charge in [0.15, 0.2) is 6.29 Å². The molecule has 5 heteroatoms. The van der Waals surface area contributed by atoms with Gasteiger partial charge < -0.3 is 19.8 Å². The Morgan fingerprint density at radius 2 is 2.23 bits per heavy atom. The maximum Gasteiger partial charge on any atom is 0.252 e. The van der Waals surface area contributed by atoms with Gasteiger partial charge in [-0.15, -0.1) is 0 Å². The van der Waals surface area contributed by atoms with E-state index in [-0.39, 0.29) is 18.1 Å². The fourth-order valence-corrected chi connectivity index (χ4v) is 2.76. The van der Waals surface area contributed by atoms with Gasteiger partial charge in [0.1, 0.15) is 6.10 Å². The van der Waals surface area contributed by atoms with Crippen LogP contribution >= 0.6 is 0 Å². The molecule has 1 unspecified atom stereocenters. The Bertz CT molecular complexity index is 269. The first-order valence-corrected chi connectivity index (χ1v) is 4.52. The highest BCUT2D eigenvalue weighted by Crippen LogP contribution is 2.43. The summed E-state index contributed by atoms with van der Waals surface area (Å²) in [6, 6.07) is -0.0856. The van der Waals surface area contributed by atoms with Crippen molar-refractivity contribution in [2.24, 2.45) is 5.92 Å². The highest BCUT2D eigenvalue weighted by atomic mass is 16.6. The molecule has 3 saturated heterocycles. The molecule has 2 N–H and O–H groups in total. The standard InChI is InChI=1S/C8H11NO4/c10-6-4-5-3(13-8(4)12)1-2-9(5)7(6)11/h3-6,8,10,12H,1-2H2/t3-,4-,5-,6-,8?/m1/s1. The molecule has 0 aromatic heterocycles. The van der Waals surface area contributed by atoms with Gasteiger partial charge in [-0.2, -0.15) is 0 Å². The highest BCUT2D eigenvalue weighted by molar-refractivity contribution is 5.84. The minimum absolute atomic E-state index is 0.0684. The molecule has 5 atom stereocenters. The molecule has 0 aliphatic carbocycles. The third-order valence-electron chi connectivity index (χ3n) is 3.33. The lowest BCUT2D eigenvalue weighted by Gasteiger charge is -2.14. The van der Waals surface area contributed by atoms with Gasteiger partial charge in [-0.25, -0.2) is 0 Å². The van der Waals surface area contributed by atoms with Crippen LogP contribution in [0.15, 0.2) is 0 Å². The van der Waals surface area contributed by atoms with E-state index in [2.05, 4.69) is 0 Å². The maximum atomic E-state index is 11.4. The van der Waals surface area contributed by atoms with Gasteiger partial charge in [0.25, 0.3) is 5.91 Å². The number of hydrogen-bond acceptors (Lipinski definition) is 4.